The Morgan fingerprint density at radius 1 is 1.24 bits per heavy atom. The predicted octanol–water partition coefficient (Wildman–Crippen LogP) is 4.24. The molecule has 0 saturated carbocycles. The van der Waals surface area contributed by atoms with Crippen molar-refractivity contribution in [2.24, 2.45) is 0 Å². The zero-order chi connectivity index (χ0) is 14.7. The Kier molecular flexibility index (Phi) is 4.51. The number of likely N-dealkylation sites (N-methyl/N-ethyl adjacent to an activating group) is 1. The third kappa shape index (κ3) is 2.94. The minimum atomic E-state index is 0.334. The molecule has 110 valence electrons. The van der Waals surface area contributed by atoms with Crippen LogP contribution in [-0.2, 0) is 0 Å². The normalized spacial score (nSPS) is 18.3. The average molecular weight is 299 g/mol. The molecule has 0 bridgehead atoms. The summed E-state index contributed by atoms with van der Waals surface area (Å²) in [6.45, 7) is 3.13. The predicted molar refractivity (Wildman–Crippen MR) is 89.3 cm³/mol. The molecule has 3 heteroatoms. The summed E-state index contributed by atoms with van der Waals surface area (Å²) < 4.78 is 5.38. The van der Waals surface area contributed by atoms with Crippen molar-refractivity contribution < 1.29 is 4.74 Å². The van der Waals surface area contributed by atoms with Crippen LogP contribution in [0.25, 0.3) is 0 Å². The molecule has 0 aliphatic carbocycles. The molecule has 1 aliphatic heterocycles. The molecular formula is C18H21NOS. The van der Waals surface area contributed by atoms with E-state index in [1.807, 2.05) is 17.8 Å². The summed E-state index contributed by atoms with van der Waals surface area (Å²) in [4.78, 5) is 1.42. The SMILES string of the molecule is CCNC(c1cccc(OC)c1)C1CSc2ccccc21. The van der Waals surface area contributed by atoms with E-state index in [0.717, 1.165) is 18.0 Å². The number of rotatable bonds is 5. The van der Waals surface area contributed by atoms with Crippen LogP contribution >= 0.6 is 11.8 Å². The largest absolute Gasteiger partial charge is 0.497 e. The van der Waals surface area contributed by atoms with Crippen molar-refractivity contribution in [1.82, 2.24) is 5.32 Å². The lowest BCUT2D eigenvalue weighted by molar-refractivity contribution is 0.411. The molecule has 0 spiro atoms. The maximum absolute atomic E-state index is 5.38. The molecule has 0 radical (unpaired) electrons. The quantitative estimate of drug-likeness (QED) is 0.892. The lowest BCUT2D eigenvalue weighted by Gasteiger charge is -2.25. The third-order valence-electron chi connectivity index (χ3n) is 4.02. The van der Waals surface area contributed by atoms with Crippen molar-refractivity contribution in [3.05, 3.63) is 59.7 Å². The average Bonchev–Trinajstić information content (AvgIpc) is 2.96. The van der Waals surface area contributed by atoms with Crippen LogP contribution in [0.15, 0.2) is 53.4 Å². The van der Waals surface area contributed by atoms with E-state index in [1.165, 1.54) is 16.0 Å². The zero-order valence-corrected chi connectivity index (χ0v) is 13.3. The van der Waals surface area contributed by atoms with Crippen molar-refractivity contribution >= 4 is 11.8 Å². The lowest BCUT2D eigenvalue weighted by Crippen LogP contribution is -2.27. The highest BCUT2D eigenvalue weighted by molar-refractivity contribution is 7.99. The molecule has 2 aromatic carbocycles. The third-order valence-corrected chi connectivity index (χ3v) is 5.22. The maximum Gasteiger partial charge on any atom is 0.119 e. The molecule has 21 heavy (non-hydrogen) atoms. The molecular weight excluding hydrogens is 278 g/mol. The highest BCUT2D eigenvalue weighted by Crippen LogP contribution is 2.45. The van der Waals surface area contributed by atoms with Crippen LogP contribution in [-0.4, -0.2) is 19.4 Å². The van der Waals surface area contributed by atoms with Crippen LogP contribution < -0.4 is 10.1 Å². The number of methoxy groups -OCH3 is 1. The van der Waals surface area contributed by atoms with Gasteiger partial charge >= 0.3 is 0 Å². The summed E-state index contributed by atoms with van der Waals surface area (Å²) in [5.41, 5.74) is 2.77. The molecule has 0 fully saturated rings. The van der Waals surface area contributed by atoms with E-state index in [0.29, 0.717) is 12.0 Å². The Bertz CT molecular complexity index is 614. The fourth-order valence-corrected chi connectivity index (χ4v) is 4.30. The van der Waals surface area contributed by atoms with Gasteiger partial charge in [0.1, 0.15) is 5.75 Å². The summed E-state index contributed by atoms with van der Waals surface area (Å²) in [6, 6.07) is 17.5. The van der Waals surface area contributed by atoms with Crippen LogP contribution in [0.4, 0.5) is 0 Å². The van der Waals surface area contributed by atoms with Gasteiger partial charge in [0.2, 0.25) is 0 Å². The summed E-state index contributed by atoms with van der Waals surface area (Å²) >= 11 is 1.96. The van der Waals surface area contributed by atoms with Gasteiger partial charge in [0.05, 0.1) is 7.11 Å². The lowest BCUT2D eigenvalue weighted by atomic mass is 9.88. The summed E-state index contributed by atoms with van der Waals surface area (Å²) in [7, 11) is 1.72. The van der Waals surface area contributed by atoms with Gasteiger partial charge in [-0.05, 0) is 35.9 Å². The van der Waals surface area contributed by atoms with E-state index in [9.17, 15) is 0 Å². The number of benzene rings is 2. The molecule has 0 aromatic heterocycles. The van der Waals surface area contributed by atoms with Crippen molar-refractivity contribution in [2.45, 2.75) is 23.8 Å². The molecule has 2 unspecified atom stereocenters. The summed E-state index contributed by atoms with van der Waals surface area (Å²) in [6.07, 6.45) is 0. The molecule has 2 nitrogen and oxygen atoms in total. The highest BCUT2D eigenvalue weighted by atomic mass is 32.2. The molecule has 1 aliphatic rings. The van der Waals surface area contributed by atoms with Gasteiger partial charge in [0, 0.05) is 22.6 Å². The first-order valence-corrected chi connectivity index (χ1v) is 8.41. The van der Waals surface area contributed by atoms with Crippen molar-refractivity contribution in [3.63, 3.8) is 0 Å². The van der Waals surface area contributed by atoms with Crippen molar-refractivity contribution in [1.29, 1.82) is 0 Å². The molecule has 3 rings (SSSR count). The highest BCUT2D eigenvalue weighted by Gasteiger charge is 2.30. The summed E-state index contributed by atoms with van der Waals surface area (Å²) in [5, 5.41) is 3.66. The Balaban J connectivity index is 1.95. The maximum atomic E-state index is 5.38. The number of hydrogen-bond acceptors (Lipinski definition) is 3. The van der Waals surface area contributed by atoms with E-state index < -0.39 is 0 Å². The first-order valence-electron chi connectivity index (χ1n) is 7.42. The molecule has 0 amide bonds. The number of ether oxygens (including phenoxy) is 1. The van der Waals surface area contributed by atoms with Crippen molar-refractivity contribution in [2.75, 3.05) is 19.4 Å². The fraction of sp³-hybridized carbons (Fsp3) is 0.333. The number of thioether (sulfide) groups is 1. The summed E-state index contributed by atoms with van der Waals surface area (Å²) in [5.74, 6) is 2.57. The smallest absolute Gasteiger partial charge is 0.119 e. The van der Waals surface area contributed by atoms with Gasteiger partial charge in [-0.25, -0.2) is 0 Å². The van der Waals surface area contributed by atoms with Crippen LogP contribution in [0.2, 0.25) is 0 Å². The van der Waals surface area contributed by atoms with Gasteiger partial charge in [-0.3, -0.25) is 0 Å². The first-order chi connectivity index (χ1) is 10.3. The molecule has 0 saturated heterocycles. The van der Waals surface area contributed by atoms with E-state index in [1.54, 1.807) is 7.11 Å². The van der Waals surface area contributed by atoms with Gasteiger partial charge in [-0.15, -0.1) is 11.8 Å². The van der Waals surface area contributed by atoms with Crippen molar-refractivity contribution in [3.8, 4) is 5.75 Å². The Labute approximate surface area is 130 Å². The minimum Gasteiger partial charge on any atom is -0.497 e. The van der Waals surface area contributed by atoms with Crippen LogP contribution in [0.1, 0.15) is 30.0 Å². The second-order valence-corrected chi connectivity index (χ2v) is 6.33. The van der Waals surface area contributed by atoms with Gasteiger partial charge in [0.25, 0.3) is 0 Å². The van der Waals surface area contributed by atoms with Crippen LogP contribution in [0.5, 0.6) is 5.75 Å². The Morgan fingerprint density at radius 3 is 2.90 bits per heavy atom. The number of nitrogens with one attached hydrogen (secondary N) is 1. The van der Waals surface area contributed by atoms with E-state index in [4.69, 9.17) is 4.74 Å². The molecule has 1 heterocycles. The van der Waals surface area contributed by atoms with Gasteiger partial charge in [-0.2, -0.15) is 0 Å². The standard InChI is InChI=1S/C18H21NOS/c1-3-19-18(13-7-6-8-14(11-13)20-2)16-12-21-17-10-5-4-9-15(16)17/h4-11,16,18-19H,3,12H2,1-2H3. The number of hydrogen-bond donors (Lipinski definition) is 1. The molecule has 1 N–H and O–H groups in total. The van der Waals surface area contributed by atoms with Crippen LogP contribution in [0.3, 0.4) is 0 Å². The number of fused-ring (bicyclic) bond motifs is 1. The topological polar surface area (TPSA) is 21.3 Å². The van der Waals surface area contributed by atoms with Gasteiger partial charge in [-0.1, -0.05) is 37.3 Å². The van der Waals surface area contributed by atoms with Crippen LogP contribution in [0, 0.1) is 0 Å². The second-order valence-electron chi connectivity index (χ2n) is 5.27. The van der Waals surface area contributed by atoms with Gasteiger partial charge < -0.3 is 10.1 Å². The van der Waals surface area contributed by atoms with E-state index in [2.05, 4.69) is 54.7 Å². The first kappa shape index (κ1) is 14.5. The van der Waals surface area contributed by atoms with E-state index in [-0.39, 0.29) is 0 Å². The monoisotopic (exact) mass is 299 g/mol. The Morgan fingerprint density at radius 2 is 2.10 bits per heavy atom. The fourth-order valence-electron chi connectivity index (χ4n) is 3.01. The second kappa shape index (κ2) is 6.54. The molecule has 2 atom stereocenters. The van der Waals surface area contributed by atoms with Gasteiger partial charge in [0.15, 0.2) is 0 Å². The molecule has 2 aromatic rings. The minimum absolute atomic E-state index is 0.334. The zero-order valence-electron chi connectivity index (χ0n) is 12.5. The Hall–Kier alpha value is -1.45. The van der Waals surface area contributed by atoms with E-state index >= 15 is 0 Å².